The standard InChI is InChI=1S/C25H24FNO4/c1-2-17-4-5-18(31-23-6-3-16(15-27)11-20(23)26)12-19(17)24-21(28)13-25(14-22(24)29)7-9-30-10-8-25/h3-6,11-12,28H,2,7-10,13-14H2,1H3. The van der Waals surface area contributed by atoms with Crippen LogP contribution in [0.1, 0.15) is 49.3 Å². The van der Waals surface area contributed by atoms with Gasteiger partial charge in [0.15, 0.2) is 17.3 Å². The summed E-state index contributed by atoms with van der Waals surface area (Å²) in [6.45, 7) is 3.19. The summed E-state index contributed by atoms with van der Waals surface area (Å²) in [7, 11) is 0. The van der Waals surface area contributed by atoms with Gasteiger partial charge < -0.3 is 14.6 Å². The van der Waals surface area contributed by atoms with Crippen LogP contribution in [0, 0.1) is 22.6 Å². The number of carbonyl (C=O) groups is 1. The van der Waals surface area contributed by atoms with Crippen molar-refractivity contribution >= 4 is 11.4 Å². The van der Waals surface area contributed by atoms with E-state index in [-0.39, 0.29) is 28.3 Å². The summed E-state index contributed by atoms with van der Waals surface area (Å²) in [6.07, 6.45) is 3.03. The molecule has 1 heterocycles. The van der Waals surface area contributed by atoms with Crippen molar-refractivity contribution in [3.63, 3.8) is 0 Å². The Hall–Kier alpha value is -3.17. The van der Waals surface area contributed by atoms with Crippen LogP contribution in [0.2, 0.25) is 0 Å². The van der Waals surface area contributed by atoms with Crippen molar-refractivity contribution in [1.29, 1.82) is 5.26 Å². The van der Waals surface area contributed by atoms with Gasteiger partial charge in [0.1, 0.15) is 11.5 Å². The van der Waals surface area contributed by atoms with Crippen LogP contribution in [0.5, 0.6) is 11.5 Å². The van der Waals surface area contributed by atoms with E-state index < -0.39 is 5.82 Å². The number of ketones is 1. The number of allylic oxidation sites excluding steroid dienone is 2. The number of aliphatic hydroxyl groups excluding tert-OH is 1. The lowest BCUT2D eigenvalue weighted by atomic mass is 9.67. The lowest BCUT2D eigenvalue weighted by Gasteiger charge is -2.39. The Morgan fingerprint density at radius 3 is 2.61 bits per heavy atom. The molecule has 0 radical (unpaired) electrons. The van der Waals surface area contributed by atoms with Crippen LogP contribution in [0.25, 0.3) is 5.57 Å². The van der Waals surface area contributed by atoms with Gasteiger partial charge in [-0.25, -0.2) is 4.39 Å². The zero-order valence-corrected chi connectivity index (χ0v) is 17.4. The molecule has 2 aromatic rings. The Balaban J connectivity index is 1.69. The number of nitrogens with zero attached hydrogens (tertiary/aromatic N) is 1. The van der Waals surface area contributed by atoms with Gasteiger partial charge in [0.2, 0.25) is 0 Å². The first kappa shape index (κ1) is 21.1. The molecule has 1 N–H and O–H groups in total. The zero-order chi connectivity index (χ0) is 22.0. The molecule has 0 saturated carbocycles. The van der Waals surface area contributed by atoms with Crippen molar-refractivity contribution in [1.82, 2.24) is 0 Å². The van der Waals surface area contributed by atoms with E-state index in [9.17, 15) is 14.3 Å². The van der Waals surface area contributed by atoms with Crippen molar-refractivity contribution in [3.8, 4) is 17.6 Å². The number of aliphatic hydroxyl groups is 1. The number of hydrogen-bond donors (Lipinski definition) is 1. The summed E-state index contributed by atoms with van der Waals surface area (Å²) in [6, 6.07) is 11.1. The second-order valence-corrected chi connectivity index (χ2v) is 8.24. The first-order chi connectivity index (χ1) is 14.9. The van der Waals surface area contributed by atoms with E-state index in [2.05, 4.69) is 0 Å². The second kappa shape index (κ2) is 8.52. The van der Waals surface area contributed by atoms with Crippen molar-refractivity contribution in [3.05, 3.63) is 64.7 Å². The van der Waals surface area contributed by atoms with Crippen molar-refractivity contribution < 1.29 is 23.8 Å². The maximum absolute atomic E-state index is 14.3. The first-order valence-corrected chi connectivity index (χ1v) is 10.5. The quantitative estimate of drug-likeness (QED) is 0.707. The Morgan fingerprint density at radius 2 is 1.97 bits per heavy atom. The average Bonchev–Trinajstić information content (AvgIpc) is 2.75. The van der Waals surface area contributed by atoms with Gasteiger partial charge in [-0.3, -0.25) is 4.79 Å². The largest absolute Gasteiger partial charge is 0.512 e. The minimum atomic E-state index is -0.641. The van der Waals surface area contributed by atoms with Crippen LogP contribution in [0.4, 0.5) is 4.39 Å². The molecule has 2 aromatic carbocycles. The van der Waals surface area contributed by atoms with Gasteiger partial charge in [0, 0.05) is 26.1 Å². The molecule has 2 aliphatic rings. The third-order valence-electron chi connectivity index (χ3n) is 6.22. The van der Waals surface area contributed by atoms with Crippen LogP contribution in [-0.4, -0.2) is 24.1 Å². The van der Waals surface area contributed by atoms with Gasteiger partial charge in [-0.2, -0.15) is 5.26 Å². The molecule has 0 unspecified atom stereocenters. The highest BCUT2D eigenvalue weighted by molar-refractivity contribution is 6.22. The molecule has 1 fully saturated rings. The van der Waals surface area contributed by atoms with Crippen LogP contribution >= 0.6 is 0 Å². The lowest BCUT2D eigenvalue weighted by Crippen LogP contribution is -2.36. The predicted molar refractivity (Wildman–Crippen MR) is 113 cm³/mol. The summed E-state index contributed by atoms with van der Waals surface area (Å²) in [5, 5.41) is 19.8. The molecule has 0 bridgehead atoms. The zero-order valence-electron chi connectivity index (χ0n) is 17.4. The smallest absolute Gasteiger partial charge is 0.167 e. The number of benzene rings is 2. The molecule has 5 nitrogen and oxygen atoms in total. The molecule has 4 rings (SSSR count). The van der Waals surface area contributed by atoms with Crippen LogP contribution in [0.3, 0.4) is 0 Å². The van der Waals surface area contributed by atoms with E-state index in [0.717, 1.165) is 24.5 Å². The number of halogens is 1. The highest BCUT2D eigenvalue weighted by atomic mass is 19.1. The predicted octanol–water partition coefficient (Wildman–Crippen LogP) is 5.48. The van der Waals surface area contributed by atoms with E-state index >= 15 is 0 Å². The summed E-state index contributed by atoms with van der Waals surface area (Å²) < 4.78 is 25.4. The van der Waals surface area contributed by atoms with Crippen molar-refractivity contribution in [2.75, 3.05) is 13.2 Å². The van der Waals surface area contributed by atoms with Gasteiger partial charge in [-0.15, -0.1) is 0 Å². The summed E-state index contributed by atoms with van der Waals surface area (Å²) >= 11 is 0. The van der Waals surface area contributed by atoms with Gasteiger partial charge >= 0.3 is 0 Å². The number of Topliss-reactive ketones (excluding diaryl/α,β-unsaturated/α-hetero) is 1. The average molecular weight is 421 g/mol. The Labute approximate surface area is 180 Å². The normalized spacial score (nSPS) is 18.2. The number of rotatable bonds is 4. The fraction of sp³-hybridized carbons (Fsp3) is 0.360. The molecule has 0 aromatic heterocycles. The van der Waals surface area contributed by atoms with E-state index in [1.54, 1.807) is 12.1 Å². The summed E-state index contributed by atoms with van der Waals surface area (Å²) in [5.41, 5.74) is 1.84. The maximum atomic E-state index is 14.3. The lowest BCUT2D eigenvalue weighted by molar-refractivity contribution is -0.118. The van der Waals surface area contributed by atoms with E-state index in [1.165, 1.54) is 12.1 Å². The van der Waals surface area contributed by atoms with Gasteiger partial charge in [0.05, 0.1) is 17.2 Å². The highest BCUT2D eigenvalue weighted by Gasteiger charge is 2.41. The minimum absolute atomic E-state index is 0.0106. The molecule has 1 aliphatic carbocycles. The van der Waals surface area contributed by atoms with Crippen molar-refractivity contribution in [2.45, 2.75) is 39.0 Å². The molecule has 0 atom stereocenters. The van der Waals surface area contributed by atoms with Crippen LogP contribution in [0.15, 0.2) is 42.2 Å². The number of hydrogen-bond acceptors (Lipinski definition) is 5. The summed E-state index contributed by atoms with van der Waals surface area (Å²) in [5.74, 6) is -0.271. The molecule has 1 aliphatic heterocycles. The number of nitriles is 1. The van der Waals surface area contributed by atoms with E-state index in [1.807, 2.05) is 19.1 Å². The molecule has 160 valence electrons. The molecule has 1 saturated heterocycles. The topological polar surface area (TPSA) is 79.6 Å². The van der Waals surface area contributed by atoms with Gasteiger partial charge in [0.25, 0.3) is 0 Å². The third-order valence-corrected chi connectivity index (χ3v) is 6.22. The Bertz CT molecular complexity index is 1090. The molecule has 0 amide bonds. The van der Waals surface area contributed by atoms with E-state index in [4.69, 9.17) is 14.7 Å². The summed E-state index contributed by atoms with van der Waals surface area (Å²) in [4.78, 5) is 13.2. The number of carbonyl (C=O) groups excluding carboxylic acids is 1. The monoisotopic (exact) mass is 421 g/mol. The first-order valence-electron chi connectivity index (χ1n) is 10.5. The van der Waals surface area contributed by atoms with E-state index in [0.29, 0.717) is 49.4 Å². The van der Waals surface area contributed by atoms with Crippen LogP contribution < -0.4 is 4.74 Å². The van der Waals surface area contributed by atoms with Gasteiger partial charge in [-0.1, -0.05) is 13.0 Å². The van der Waals surface area contributed by atoms with Crippen LogP contribution in [-0.2, 0) is 16.0 Å². The SMILES string of the molecule is CCc1ccc(Oc2ccc(C#N)cc2F)cc1C1=C(O)CC2(CCOCC2)CC1=O. The number of aryl methyl sites for hydroxylation is 1. The molecular formula is C25H24FNO4. The Kier molecular flexibility index (Phi) is 5.79. The van der Waals surface area contributed by atoms with Crippen molar-refractivity contribution in [2.24, 2.45) is 5.41 Å². The maximum Gasteiger partial charge on any atom is 0.167 e. The highest BCUT2D eigenvalue weighted by Crippen LogP contribution is 2.47. The molecule has 1 spiro atoms. The number of ether oxygens (including phenoxy) is 2. The fourth-order valence-corrected chi connectivity index (χ4v) is 4.50. The fourth-order valence-electron chi connectivity index (χ4n) is 4.50. The minimum Gasteiger partial charge on any atom is -0.512 e. The molecule has 31 heavy (non-hydrogen) atoms. The van der Waals surface area contributed by atoms with Gasteiger partial charge in [-0.05, 0) is 66.1 Å². The Morgan fingerprint density at radius 1 is 1.19 bits per heavy atom. The molecular weight excluding hydrogens is 397 g/mol. The molecule has 6 heteroatoms. The second-order valence-electron chi connectivity index (χ2n) is 8.24. The third kappa shape index (κ3) is 4.19.